The number of rotatable bonds is 4. The number of ketones is 1. The minimum absolute atomic E-state index is 0.244. The van der Waals surface area contributed by atoms with E-state index in [1.807, 2.05) is 0 Å². The van der Waals surface area contributed by atoms with Crippen LogP contribution in [0.3, 0.4) is 0 Å². The Morgan fingerprint density at radius 1 is 1.21 bits per heavy atom. The van der Waals surface area contributed by atoms with E-state index in [0.29, 0.717) is 17.9 Å². The van der Waals surface area contributed by atoms with Crippen LogP contribution in [0.25, 0.3) is 0 Å². The molecular weight excluding hydrogens is 238 g/mol. The molecule has 1 aromatic carbocycles. The lowest BCUT2D eigenvalue weighted by molar-refractivity contribution is -0.120. The van der Waals surface area contributed by atoms with E-state index in [-0.39, 0.29) is 6.61 Å². The summed E-state index contributed by atoms with van der Waals surface area (Å²) >= 11 is 0. The Kier molecular flexibility index (Phi) is 3.56. The van der Waals surface area contributed by atoms with Crippen molar-refractivity contribution in [2.24, 2.45) is 0 Å². The molecule has 2 aliphatic heterocycles. The number of benzene rings is 1. The summed E-state index contributed by atoms with van der Waals surface area (Å²) in [5.74, 6) is 0.431. The number of Topliss-reactive ketones (excluding diaryl/α,β-unsaturated/α-hetero) is 1. The topological polar surface area (TPSA) is 40.5 Å². The molecule has 0 aromatic heterocycles. The SMILES string of the molecule is O=C1CC2CCC(C1)N2c1cccc(CCCO)c1. The number of aliphatic hydroxyl groups is 1. The van der Waals surface area contributed by atoms with Gasteiger partial charge in [-0.05, 0) is 43.4 Å². The van der Waals surface area contributed by atoms with Gasteiger partial charge in [-0.1, -0.05) is 12.1 Å². The summed E-state index contributed by atoms with van der Waals surface area (Å²) in [5.41, 5.74) is 2.54. The first-order valence-corrected chi connectivity index (χ1v) is 7.28. The minimum atomic E-state index is 0.244. The van der Waals surface area contributed by atoms with Gasteiger partial charge in [-0.3, -0.25) is 4.79 Å². The summed E-state index contributed by atoms with van der Waals surface area (Å²) in [7, 11) is 0. The maximum atomic E-state index is 11.7. The maximum Gasteiger partial charge on any atom is 0.137 e. The van der Waals surface area contributed by atoms with Crippen LogP contribution < -0.4 is 4.90 Å². The van der Waals surface area contributed by atoms with Gasteiger partial charge in [0.2, 0.25) is 0 Å². The van der Waals surface area contributed by atoms with Crippen molar-refractivity contribution in [3.63, 3.8) is 0 Å². The normalized spacial score (nSPS) is 25.9. The molecule has 3 nitrogen and oxygen atoms in total. The van der Waals surface area contributed by atoms with Crippen molar-refractivity contribution in [1.29, 1.82) is 0 Å². The van der Waals surface area contributed by atoms with Crippen molar-refractivity contribution < 1.29 is 9.90 Å². The number of aliphatic hydroxyl groups excluding tert-OH is 1. The molecule has 3 rings (SSSR count). The number of nitrogens with zero attached hydrogens (tertiary/aromatic N) is 1. The second-order valence-electron chi connectivity index (χ2n) is 5.74. The van der Waals surface area contributed by atoms with Crippen LogP contribution >= 0.6 is 0 Å². The first-order chi connectivity index (χ1) is 9.28. The molecule has 19 heavy (non-hydrogen) atoms. The van der Waals surface area contributed by atoms with Gasteiger partial charge in [-0.2, -0.15) is 0 Å². The number of fused-ring (bicyclic) bond motifs is 2. The summed E-state index contributed by atoms with van der Waals surface area (Å²) in [5, 5.41) is 8.92. The molecule has 2 heterocycles. The Labute approximate surface area is 114 Å². The van der Waals surface area contributed by atoms with E-state index >= 15 is 0 Å². The first-order valence-electron chi connectivity index (χ1n) is 7.28. The van der Waals surface area contributed by atoms with Crippen LogP contribution in [0.2, 0.25) is 0 Å². The molecule has 102 valence electrons. The second-order valence-corrected chi connectivity index (χ2v) is 5.74. The predicted molar refractivity (Wildman–Crippen MR) is 75.4 cm³/mol. The zero-order valence-corrected chi connectivity index (χ0v) is 11.2. The Bertz CT molecular complexity index is 456. The monoisotopic (exact) mass is 259 g/mol. The third-order valence-corrected chi connectivity index (χ3v) is 4.38. The number of piperidine rings is 1. The number of anilines is 1. The number of hydrogen-bond acceptors (Lipinski definition) is 3. The Hall–Kier alpha value is -1.35. The molecule has 0 amide bonds. The number of hydrogen-bond donors (Lipinski definition) is 1. The lowest BCUT2D eigenvalue weighted by Gasteiger charge is -2.36. The van der Waals surface area contributed by atoms with Gasteiger partial charge in [0.05, 0.1) is 0 Å². The number of carbonyl (C=O) groups excluding carboxylic acids is 1. The lowest BCUT2D eigenvalue weighted by atomic mass is 9.99. The highest BCUT2D eigenvalue weighted by Gasteiger charge is 2.39. The summed E-state index contributed by atoms with van der Waals surface area (Å²) in [6.45, 7) is 0.244. The van der Waals surface area contributed by atoms with E-state index in [1.54, 1.807) is 0 Å². The maximum absolute atomic E-state index is 11.7. The average molecular weight is 259 g/mol. The van der Waals surface area contributed by atoms with Crippen molar-refractivity contribution in [2.75, 3.05) is 11.5 Å². The quantitative estimate of drug-likeness (QED) is 0.902. The standard InChI is InChI=1S/C16H21NO2/c18-8-2-4-12-3-1-5-13(9-12)17-14-6-7-15(17)11-16(19)10-14/h1,3,5,9,14-15,18H,2,4,6-8,10-11H2. The third-order valence-electron chi connectivity index (χ3n) is 4.38. The van der Waals surface area contributed by atoms with Gasteiger partial charge in [-0.25, -0.2) is 0 Å². The highest BCUT2D eigenvalue weighted by Crippen LogP contribution is 2.38. The van der Waals surface area contributed by atoms with Crippen LogP contribution in [0, 0.1) is 0 Å². The van der Waals surface area contributed by atoms with Crippen molar-refractivity contribution >= 4 is 11.5 Å². The van der Waals surface area contributed by atoms with Gasteiger partial charge in [-0.15, -0.1) is 0 Å². The molecule has 2 bridgehead atoms. The van der Waals surface area contributed by atoms with Gasteiger partial charge in [0.15, 0.2) is 0 Å². The molecule has 0 saturated carbocycles. The molecule has 0 aliphatic carbocycles. The lowest BCUT2D eigenvalue weighted by Crippen LogP contribution is -2.43. The molecule has 2 atom stereocenters. The van der Waals surface area contributed by atoms with Crippen molar-refractivity contribution in [3.05, 3.63) is 29.8 Å². The fourth-order valence-electron chi connectivity index (χ4n) is 3.55. The van der Waals surface area contributed by atoms with Gasteiger partial charge in [0.25, 0.3) is 0 Å². The van der Waals surface area contributed by atoms with E-state index in [4.69, 9.17) is 5.11 Å². The number of carbonyl (C=O) groups is 1. The molecule has 2 saturated heterocycles. The van der Waals surface area contributed by atoms with E-state index in [2.05, 4.69) is 29.2 Å². The predicted octanol–water partition coefficient (Wildman–Crippen LogP) is 2.31. The van der Waals surface area contributed by atoms with Crippen LogP contribution in [-0.2, 0) is 11.2 Å². The largest absolute Gasteiger partial charge is 0.396 e. The van der Waals surface area contributed by atoms with Crippen LogP contribution in [0.5, 0.6) is 0 Å². The molecular formula is C16H21NO2. The Morgan fingerprint density at radius 2 is 1.95 bits per heavy atom. The van der Waals surface area contributed by atoms with Gasteiger partial charge >= 0.3 is 0 Å². The third kappa shape index (κ3) is 2.52. The van der Waals surface area contributed by atoms with Crippen molar-refractivity contribution in [3.8, 4) is 0 Å². The molecule has 1 N–H and O–H groups in total. The van der Waals surface area contributed by atoms with Crippen LogP contribution in [-0.4, -0.2) is 29.6 Å². The molecule has 2 unspecified atom stereocenters. The van der Waals surface area contributed by atoms with E-state index in [9.17, 15) is 4.79 Å². The van der Waals surface area contributed by atoms with E-state index < -0.39 is 0 Å². The molecule has 1 aromatic rings. The average Bonchev–Trinajstić information content (AvgIpc) is 2.69. The fraction of sp³-hybridized carbons (Fsp3) is 0.562. The smallest absolute Gasteiger partial charge is 0.137 e. The zero-order chi connectivity index (χ0) is 13.2. The number of aryl methyl sites for hydroxylation is 1. The Morgan fingerprint density at radius 3 is 2.63 bits per heavy atom. The summed E-state index contributed by atoms with van der Waals surface area (Å²) in [6.07, 6.45) is 5.48. The van der Waals surface area contributed by atoms with Crippen molar-refractivity contribution in [2.45, 2.75) is 50.6 Å². The van der Waals surface area contributed by atoms with Crippen LogP contribution in [0.15, 0.2) is 24.3 Å². The van der Waals surface area contributed by atoms with E-state index in [1.165, 1.54) is 11.3 Å². The van der Waals surface area contributed by atoms with Crippen LogP contribution in [0.4, 0.5) is 5.69 Å². The van der Waals surface area contributed by atoms with Gasteiger partial charge in [0, 0.05) is 37.2 Å². The minimum Gasteiger partial charge on any atom is -0.396 e. The summed E-state index contributed by atoms with van der Waals surface area (Å²) < 4.78 is 0. The zero-order valence-electron chi connectivity index (χ0n) is 11.2. The summed E-state index contributed by atoms with van der Waals surface area (Å²) in [6, 6.07) is 9.44. The highest BCUT2D eigenvalue weighted by atomic mass is 16.2. The van der Waals surface area contributed by atoms with Crippen LogP contribution in [0.1, 0.15) is 37.7 Å². The second kappa shape index (κ2) is 5.33. The van der Waals surface area contributed by atoms with Gasteiger partial charge in [0.1, 0.15) is 5.78 Å². The first kappa shape index (κ1) is 12.7. The fourth-order valence-corrected chi connectivity index (χ4v) is 3.55. The van der Waals surface area contributed by atoms with Crippen molar-refractivity contribution in [1.82, 2.24) is 0 Å². The molecule has 0 spiro atoms. The highest BCUT2D eigenvalue weighted by molar-refractivity contribution is 5.83. The summed E-state index contributed by atoms with van der Waals surface area (Å²) in [4.78, 5) is 14.1. The Balaban J connectivity index is 1.80. The molecule has 0 radical (unpaired) electrons. The molecule has 2 aliphatic rings. The van der Waals surface area contributed by atoms with E-state index in [0.717, 1.165) is 38.5 Å². The molecule has 3 heteroatoms. The molecule has 2 fully saturated rings. The van der Waals surface area contributed by atoms with Gasteiger partial charge < -0.3 is 10.0 Å².